The van der Waals surface area contributed by atoms with Crippen molar-refractivity contribution < 1.29 is 9.32 Å². The third-order valence-electron chi connectivity index (χ3n) is 3.79. The molecule has 8 heteroatoms. The molecule has 0 atom stereocenters. The van der Waals surface area contributed by atoms with E-state index >= 15 is 0 Å². The lowest BCUT2D eigenvalue weighted by molar-refractivity contribution is -0.116. The molecular weight excluding hydrogens is 352 g/mol. The number of aryl methyl sites for hydroxylation is 1. The number of hydrogen-bond acceptors (Lipinski definition) is 6. The molecule has 0 aliphatic rings. The Bertz CT molecular complexity index is 1140. The summed E-state index contributed by atoms with van der Waals surface area (Å²) in [4.78, 5) is 30.7. The second-order valence-electron chi connectivity index (χ2n) is 5.74. The van der Waals surface area contributed by atoms with Crippen LogP contribution in [0, 0.1) is 6.92 Å². The average molecular weight is 366 g/mol. The fourth-order valence-electron chi connectivity index (χ4n) is 2.58. The number of hydrogen-bond donors (Lipinski definition) is 1. The molecule has 1 N–H and O–H groups in total. The van der Waals surface area contributed by atoms with E-state index in [0.29, 0.717) is 21.8 Å². The molecule has 0 bridgehead atoms. The number of carbonyl (C=O) groups excluding carboxylic acids is 1. The van der Waals surface area contributed by atoms with Gasteiger partial charge in [0, 0.05) is 10.9 Å². The van der Waals surface area contributed by atoms with Crippen molar-refractivity contribution in [1.82, 2.24) is 14.7 Å². The molecule has 0 aliphatic heterocycles. The lowest BCUT2D eigenvalue weighted by Gasteiger charge is -2.04. The first-order valence-corrected chi connectivity index (χ1v) is 8.69. The van der Waals surface area contributed by atoms with E-state index in [4.69, 9.17) is 4.52 Å². The van der Waals surface area contributed by atoms with Crippen molar-refractivity contribution in [2.24, 2.45) is 0 Å². The molecule has 7 nitrogen and oxygen atoms in total. The minimum absolute atomic E-state index is 0.149. The Hall–Kier alpha value is -3.26. The zero-order chi connectivity index (χ0) is 18.1. The van der Waals surface area contributed by atoms with Crippen molar-refractivity contribution >= 4 is 33.3 Å². The highest BCUT2D eigenvalue weighted by molar-refractivity contribution is 7.21. The van der Waals surface area contributed by atoms with E-state index in [2.05, 4.69) is 15.5 Å². The Labute approximate surface area is 151 Å². The molecule has 3 aromatic heterocycles. The quantitative estimate of drug-likeness (QED) is 0.599. The van der Waals surface area contributed by atoms with E-state index in [9.17, 15) is 9.59 Å². The van der Waals surface area contributed by atoms with Gasteiger partial charge in [-0.05, 0) is 18.6 Å². The van der Waals surface area contributed by atoms with Gasteiger partial charge in [-0.3, -0.25) is 14.2 Å². The number of fused-ring (bicyclic) bond motifs is 1. The Morgan fingerprint density at radius 2 is 2.08 bits per heavy atom. The van der Waals surface area contributed by atoms with Gasteiger partial charge in [0.25, 0.3) is 5.56 Å². The van der Waals surface area contributed by atoms with Crippen LogP contribution in [0.2, 0.25) is 0 Å². The van der Waals surface area contributed by atoms with Gasteiger partial charge in [-0.25, -0.2) is 4.98 Å². The number of rotatable bonds is 4. The van der Waals surface area contributed by atoms with Gasteiger partial charge >= 0.3 is 0 Å². The third kappa shape index (κ3) is 3.14. The highest BCUT2D eigenvalue weighted by Crippen LogP contribution is 2.30. The van der Waals surface area contributed by atoms with Crippen LogP contribution in [-0.2, 0) is 11.3 Å². The van der Waals surface area contributed by atoms with Crippen LogP contribution in [0.3, 0.4) is 0 Å². The molecular formula is C18H14N4O3S. The highest BCUT2D eigenvalue weighted by Gasteiger charge is 2.13. The van der Waals surface area contributed by atoms with Gasteiger partial charge in [-0.1, -0.05) is 35.5 Å². The van der Waals surface area contributed by atoms with Crippen LogP contribution < -0.4 is 10.9 Å². The van der Waals surface area contributed by atoms with Crippen molar-refractivity contribution in [3.05, 3.63) is 64.9 Å². The molecule has 0 saturated heterocycles. The van der Waals surface area contributed by atoms with Gasteiger partial charge in [-0.2, -0.15) is 0 Å². The van der Waals surface area contributed by atoms with E-state index in [-0.39, 0.29) is 18.0 Å². The number of nitrogens with zero attached hydrogens (tertiary/aromatic N) is 3. The van der Waals surface area contributed by atoms with E-state index in [1.54, 1.807) is 13.0 Å². The fraction of sp³-hybridized carbons (Fsp3) is 0.111. The van der Waals surface area contributed by atoms with Crippen LogP contribution >= 0.6 is 11.3 Å². The van der Waals surface area contributed by atoms with Crippen LogP contribution in [0.4, 0.5) is 5.82 Å². The van der Waals surface area contributed by atoms with Gasteiger partial charge in [0.1, 0.15) is 17.1 Å². The zero-order valence-corrected chi connectivity index (χ0v) is 14.6. The second-order valence-corrected chi connectivity index (χ2v) is 6.77. The lowest BCUT2D eigenvalue weighted by atomic mass is 10.2. The number of carbonyl (C=O) groups is 1. The molecule has 4 rings (SSSR count). The number of thiophene rings is 1. The minimum Gasteiger partial charge on any atom is -0.360 e. The minimum atomic E-state index is -0.375. The third-order valence-corrected chi connectivity index (χ3v) is 4.88. The predicted octanol–water partition coefficient (Wildman–Crippen LogP) is 3.06. The highest BCUT2D eigenvalue weighted by atomic mass is 32.1. The monoisotopic (exact) mass is 366 g/mol. The largest absolute Gasteiger partial charge is 0.360 e. The molecule has 26 heavy (non-hydrogen) atoms. The first kappa shape index (κ1) is 16.2. The summed E-state index contributed by atoms with van der Waals surface area (Å²) in [5.74, 6) is 0.531. The number of aromatic nitrogens is 3. The summed E-state index contributed by atoms with van der Waals surface area (Å²) in [5.41, 5.74) is 0.778. The average Bonchev–Trinajstić information content (AvgIpc) is 3.25. The van der Waals surface area contributed by atoms with Crippen molar-refractivity contribution in [1.29, 1.82) is 0 Å². The Morgan fingerprint density at radius 1 is 1.27 bits per heavy atom. The van der Waals surface area contributed by atoms with E-state index in [1.807, 2.05) is 36.4 Å². The molecule has 1 amide bonds. The Morgan fingerprint density at radius 3 is 2.81 bits per heavy atom. The van der Waals surface area contributed by atoms with Crippen molar-refractivity contribution in [2.75, 3.05) is 5.32 Å². The summed E-state index contributed by atoms with van der Waals surface area (Å²) in [6.07, 6.45) is 1.39. The molecule has 0 fully saturated rings. The maximum atomic E-state index is 12.7. The molecule has 0 aliphatic carbocycles. The maximum Gasteiger partial charge on any atom is 0.262 e. The predicted molar refractivity (Wildman–Crippen MR) is 99.2 cm³/mol. The van der Waals surface area contributed by atoms with E-state index in [1.165, 1.54) is 22.2 Å². The topological polar surface area (TPSA) is 90.0 Å². The number of amides is 1. The van der Waals surface area contributed by atoms with Gasteiger partial charge in [-0.15, -0.1) is 11.3 Å². The maximum absolute atomic E-state index is 12.7. The SMILES string of the molecule is Cc1cc(NC(=O)Cn2cnc3sc(-c4ccccc4)cc3c2=O)no1. The zero-order valence-electron chi connectivity index (χ0n) is 13.8. The number of anilines is 1. The van der Waals surface area contributed by atoms with Crippen LogP contribution in [0.1, 0.15) is 5.76 Å². The summed E-state index contributed by atoms with van der Waals surface area (Å²) < 4.78 is 6.18. The van der Waals surface area contributed by atoms with Crippen LogP contribution in [0.5, 0.6) is 0 Å². The van der Waals surface area contributed by atoms with Gasteiger partial charge in [0.15, 0.2) is 5.82 Å². The molecule has 4 aromatic rings. The summed E-state index contributed by atoms with van der Waals surface area (Å²) >= 11 is 1.45. The molecule has 0 unspecified atom stereocenters. The normalized spacial score (nSPS) is 11.0. The molecule has 0 spiro atoms. The summed E-state index contributed by atoms with van der Waals surface area (Å²) in [6.45, 7) is 1.58. The molecule has 1 aromatic carbocycles. The first-order chi connectivity index (χ1) is 12.6. The molecule has 0 radical (unpaired) electrons. The van der Waals surface area contributed by atoms with E-state index < -0.39 is 0 Å². The van der Waals surface area contributed by atoms with Crippen molar-refractivity contribution in [3.8, 4) is 10.4 Å². The second kappa shape index (κ2) is 6.57. The number of nitrogens with one attached hydrogen (secondary N) is 1. The summed E-state index contributed by atoms with van der Waals surface area (Å²) in [6, 6.07) is 13.2. The van der Waals surface area contributed by atoms with Gasteiger partial charge in [0.2, 0.25) is 5.91 Å². The van der Waals surface area contributed by atoms with Crippen LogP contribution in [0.15, 0.2) is 58.1 Å². The molecule has 3 heterocycles. The Kier molecular flexibility index (Phi) is 4.10. The summed E-state index contributed by atoms with van der Waals surface area (Å²) in [5, 5.41) is 6.79. The van der Waals surface area contributed by atoms with Gasteiger partial charge < -0.3 is 9.84 Å². The van der Waals surface area contributed by atoms with E-state index in [0.717, 1.165) is 10.4 Å². The standard InChI is InChI=1S/C18H14N4O3S/c1-11-7-15(21-25-11)20-16(23)9-22-10-19-17-13(18(22)24)8-14(26-17)12-5-3-2-4-6-12/h2-8,10H,9H2,1H3,(H,20,21,23). The number of benzene rings is 1. The van der Waals surface area contributed by atoms with Crippen molar-refractivity contribution in [3.63, 3.8) is 0 Å². The Balaban J connectivity index is 1.61. The van der Waals surface area contributed by atoms with Crippen LogP contribution in [0.25, 0.3) is 20.7 Å². The molecule has 130 valence electrons. The van der Waals surface area contributed by atoms with Gasteiger partial charge in [0.05, 0.1) is 11.7 Å². The van der Waals surface area contributed by atoms with Crippen molar-refractivity contribution in [2.45, 2.75) is 13.5 Å². The lowest BCUT2D eigenvalue weighted by Crippen LogP contribution is -2.27. The fourth-order valence-corrected chi connectivity index (χ4v) is 3.57. The molecule has 0 saturated carbocycles. The smallest absolute Gasteiger partial charge is 0.262 e. The first-order valence-electron chi connectivity index (χ1n) is 7.88. The summed E-state index contributed by atoms with van der Waals surface area (Å²) in [7, 11) is 0. The van der Waals surface area contributed by atoms with Crippen LogP contribution in [-0.4, -0.2) is 20.6 Å².